The van der Waals surface area contributed by atoms with Crippen LogP contribution in [-0.4, -0.2) is 40.8 Å². The summed E-state index contributed by atoms with van der Waals surface area (Å²) in [4.78, 5) is 13.6. The summed E-state index contributed by atoms with van der Waals surface area (Å²) in [6.07, 6.45) is -2.15. The molecule has 0 aliphatic carbocycles. The van der Waals surface area contributed by atoms with Gasteiger partial charge in [-0.05, 0) is 30.9 Å². The molecule has 9 heteroatoms. The first-order valence-electron chi connectivity index (χ1n) is 6.30. The number of alkyl halides is 3. The Labute approximate surface area is 119 Å². The molecule has 1 fully saturated rings. The molecule has 0 saturated carbocycles. The largest absolute Gasteiger partial charge is 0.463 e. The molecule has 1 aliphatic rings. The molecule has 5 nitrogen and oxygen atoms in total. The van der Waals surface area contributed by atoms with Crippen LogP contribution in [-0.2, 0) is 0 Å². The topological polar surface area (TPSA) is 51.1 Å². The second kappa shape index (κ2) is 6.43. The number of hydrogen-bond donors (Lipinski definition) is 0. The third-order valence-corrected chi connectivity index (χ3v) is 3.00. The predicted molar refractivity (Wildman–Crippen MR) is 67.1 cm³/mol. The Hall–Kier alpha value is -1.31. The standard InChI is InChI=1S/C11H14ClF3N4O/c12-8-16-9(19-5-2-1-3-6-19)18-10(17-8)20-7-4-11(13,14)15/h1-7H2. The second-order valence-corrected chi connectivity index (χ2v) is 4.79. The minimum atomic E-state index is -4.27. The van der Waals surface area contributed by atoms with Crippen LogP contribution >= 0.6 is 11.6 Å². The molecule has 0 atom stereocenters. The van der Waals surface area contributed by atoms with Crippen LogP contribution in [0.5, 0.6) is 6.01 Å². The maximum Gasteiger partial charge on any atom is 0.392 e. The SMILES string of the molecule is FC(F)(F)CCOc1nc(Cl)nc(N2CCCCC2)n1. The van der Waals surface area contributed by atoms with Crippen LogP contribution in [0.25, 0.3) is 0 Å². The molecule has 0 spiro atoms. The van der Waals surface area contributed by atoms with E-state index in [0.29, 0.717) is 5.95 Å². The van der Waals surface area contributed by atoms with Crippen LogP contribution in [0, 0.1) is 0 Å². The quantitative estimate of drug-likeness (QED) is 0.856. The van der Waals surface area contributed by atoms with E-state index in [-0.39, 0.29) is 11.3 Å². The fraction of sp³-hybridized carbons (Fsp3) is 0.727. The van der Waals surface area contributed by atoms with E-state index in [1.165, 1.54) is 0 Å². The van der Waals surface area contributed by atoms with E-state index in [4.69, 9.17) is 16.3 Å². The third kappa shape index (κ3) is 4.66. The molecule has 0 N–H and O–H groups in total. The Bertz CT molecular complexity index is 452. The van der Waals surface area contributed by atoms with Crippen molar-refractivity contribution >= 4 is 17.5 Å². The first kappa shape index (κ1) is 15.1. The number of halogens is 4. The molecule has 0 bridgehead atoms. The molecule has 1 aromatic heterocycles. The van der Waals surface area contributed by atoms with Crippen molar-refractivity contribution in [3.05, 3.63) is 5.28 Å². The van der Waals surface area contributed by atoms with Gasteiger partial charge in [-0.1, -0.05) is 0 Å². The molecule has 112 valence electrons. The molecule has 0 aromatic carbocycles. The molecule has 2 heterocycles. The number of piperidine rings is 1. The van der Waals surface area contributed by atoms with Crippen LogP contribution in [0.15, 0.2) is 0 Å². The molecule has 1 aromatic rings. The third-order valence-electron chi connectivity index (χ3n) is 2.83. The van der Waals surface area contributed by atoms with Gasteiger partial charge >= 0.3 is 12.2 Å². The van der Waals surface area contributed by atoms with E-state index in [2.05, 4.69) is 15.0 Å². The maximum atomic E-state index is 12.0. The summed E-state index contributed by atoms with van der Waals surface area (Å²) in [5.74, 6) is 0.353. The highest BCUT2D eigenvalue weighted by molar-refractivity contribution is 6.28. The molecule has 0 radical (unpaired) electrons. The highest BCUT2D eigenvalue weighted by Gasteiger charge is 2.27. The lowest BCUT2D eigenvalue weighted by molar-refractivity contribution is -0.139. The van der Waals surface area contributed by atoms with Gasteiger partial charge in [-0.3, -0.25) is 0 Å². The van der Waals surface area contributed by atoms with E-state index in [1.54, 1.807) is 0 Å². The highest BCUT2D eigenvalue weighted by Crippen LogP contribution is 2.21. The van der Waals surface area contributed by atoms with E-state index in [9.17, 15) is 13.2 Å². The maximum absolute atomic E-state index is 12.0. The lowest BCUT2D eigenvalue weighted by Gasteiger charge is -2.26. The van der Waals surface area contributed by atoms with Crippen molar-refractivity contribution in [2.75, 3.05) is 24.6 Å². The van der Waals surface area contributed by atoms with E-state index in [0.717, 1.165) is 32.4 Å². The van der Waals surface area contributed by atoms with Crippen LogP contribution in [0.1, 0.15) is 25.7 Å². The van der Waals surface area contributed by atoms with Gasteiger partial charge < -0.3 is 9.64 Å². The van der Waals surface area contributed by atoms with Crippen molar-refractivity contribution in [2.45, 2.75) is 31.9 Å². The number of ether oxygens (including phenoxy) is 1. The zero-order valence-corrected chi connectivity index (χ0v) is 11.4. The van der Waals surface area contributed by atoms with Crippen LogP contribution in [0.3, 0.4) is 0 Å². The second-order valence-electron chi connectivity index (χ2n) is 4.45. The van der Waals surface area contributed by atoms with Gasteiger partial charge in [0.05, 0.1) is 6.42 Å². The zero-order chi connectivity index (χ0) is 14.6. The average molecular weight is 311 g/mol. The number of hydrogen-bond acceptors (Lipinski definition) is 5. The minimum Gasteiger partial charge on any atom is -0.463 e. The van der Waals surface area contributed by atoms with Crippen LogP contribution < -0.4 is 9.64 Å². The van der Waals surface area contributed by atoms with Gasteiger partial charge in [0.15, 0.2) is 0 Å². The first-order chi connectivity index (χ1) is 9.44. The molecule has 0 unspecified atom stereocenters. The Morgan fingerprint density at radius 2 is 1.80 bits per heavy atom. The molecule has 20 heavy (non-hydrogen) atoms. The number of nitrogens with zero attached hydrogens (tertiary/aromatic N) is 4. The summed E-state index contributed by atoms with van der Waals surface area (Å²) >= 11 is 5.75. The van der Waals surface area contributed by atoms with E-state index < -0.39 is 19.2 Å². The number of rotatable bonds is 4. The lowest BCUT2D eigenvalue weighted by atomic mass is 10.1. The molecule has 0 amide bonds. The van der Waals surface area contributed by atoms with Crippen molar-refractivity contribution in [1.82, 2.24) is 15.0 Å². The summed E-state index contributed by atoms with van der Waals surface area (Å²) in [6.45, 7) is 1.05. The molecular weight excluding hydrogens is 297 g/mol. The number of aromatic nitrogens is 3. The van der Waals surface area contributed by atoms with Crippen molar-refractivity contribution in [3.63, 3.8) is 0 Å². The summed E-state index contributed by atoms with van der Waals surface area (Å²) in [6, 6.07) is -0.171. The molecular formula is C11H14ClF3N4O. The normalized spacial score (nSPS) is 16.3. The minimum absolute atomic E-state index is 0.0809. The van der Waals surface area contributed by atoms with Crippen molar-refractivity contribution < 1.29 is 17.9 Å². The fourth-order valence-corrected chi connectivity index (χ4v) is 2.03. The lowest BCUT2D eigenvalue weighted by Crippen LogP contribution is -2.31. The van der Waals surface area contributed by atoms with Crippen molar-refractivity contribution in [2.24, 2.45) is 0 Å². The smallest absolute Gasteiger partial charge is 0.392 e. The van der Waals surface area contributed by atoms with E-state index in [1.807, 2.05) is 4.90 Å². The van der Waals surface area contributed by atoms with Gasteiger partial charge in [0.1, 0.15) is 6.61 Å². The summed E-state index contributed by atoms with van der Waals surface area (Å²) < 4.78 is 41.0. The van der Waals surface area contributed by atoms with Gasteiger partial charge in [-0.15, -0.1) is 0 Å². The summed E-state index contributed by atoms with van der Waals surface area (Å²) in [5, 5.41) is -0.0809. The van der Waals surface area contributed by atoms with Gasteiger partial charge in [-0.25, -0.2) is 0 Å². The number of anilines is 1. The molecule has 1 aliphatic heterocycles. The average Bonchev–Trinajstić information content (AvgIpc) is 2.37. The first-order valence-corrected chi connectivity index (χ1v) is 6.68. The molecule has 2 rings (SSSR count). The van der Waals surface area contributed by atoms with E-state index >= 15 is 0 Å². The molecule has 1 saturated heterocycles. The van der Waals surface area contributed by atoms with Gasteiger partial charge in [-0.2, -0.15) is 28.1 Å². The summed E-state index contributed by atoms with van der Waals surface area (Å²) in [5.41, 5.74) is 0. The van der Waals surface area contributed by atoms with Crippen molar-refractivity contribution in [3.8, 4) is 6.01 Å². The van der Waals surface area contributed by atoms with Gasteiger partial charge in [0.2, 0.25) is 11.2 Å². The van der Waals surface area contributed by atoms with Crippen molar-refractivity contribution in [1.29, 1.82) is 0 Å². The van der Waals surface area contributed by atoms with Crippen LogP contribution in [0.4, 0.5) is 19.1 Å². The fourth-order valence-electron chi connectivity index (χ4n) is 1.88. The highest BCUT2D eigenvalue weighted by atomic mass is 35.5. The Morgan fingerprint density at radius 3 is 2.45 bits per heavy atom. The van der Waals surface area contributed by atoms with Gasteiger partial charge in [0, 0.05) is 13.1 Å². The zero-order valence-electron chi connectivity index (χ0n) is 10.7. The summed E-state index contributed by atoms with van der Waals surface area (Å²) in [7, 11) is 0. The Kier molecular flexibility index (Phi) is 4.85. The predicted octanol–water partition coefficient (Wildman–Crippen LogP) is 2.85. The Morgan fingerprint density at radius 1 is 1.10 bits per heavy atom. The monoisotopic (exact) mass is 310 g/mol. The Balaban J connectivity index is 2.00. The van der Waals surface area contributed by atoms with Crippen LogP contribution in [0.2, 0.25) is 5.28 Å². The van der Waals surface area contributed by atoms with Gasteiger partial charge in [0.25, 0.3) is 0 Å².